The standard InChI is InChI=1S/C15H14F2N2OS/c1-3-5-6-13(20)18-15-19(7-4-2)14-11(17)8-10(16)9-12(14)21-15/h2,8-9H,3,5-7H2,1H3. The average molecular weight is 308 g/mol. The summed E-state index contributed by atoms with van der Waals surface area (Å²) >= 11 is 1.05. The monoisotopic (exact) mass is 308 g/mol. The van der Waals surface area contributed by atoms with Gasteiger partial charge < -0.3 is 4.57 Å². The molecule has 0 fully saturated rings. The summed E-state index contributed by atoms with van der Waals surface area (Å²) in [4.78, 5) is 16.0. The maximum Gasteiger partial charge on any atom is 0.248 e. The van der Waals surface area contributed by atoms with Crippen LogP contribution in [0.15, 0.2) is 17.1 Å². The lowest BCUT2D eigenvalue weighted by atomic mass is 10.2. The van der Waals surface area contributed by atoms with E-state index in [1.165, 1.54) is 10.6 Å². The fraction of sp³-hybridized carbons (Fsp3) is 0.333. The topological polar surface area (TPSA) is 34.4 Å². The van der Waals surface area contributed by atoms with Gasteiger partial charge in [0, 0.05) is 12.5 Å². The first-order valence-electron chi connectivity index (χ1n) is 6.56. The Bertz CT molecular complexity index is 783. The van der Waals surface area contributed by atoms with Crippen LogP contribution >= 0.6 is 11.3 Å². The highest BCUT2D eigenvalue weighted by atomic mass is 32.1. The molecule has 1 aromatic heterocycles. The fourth-order valence-corrected chi connectivity index (χ4v) is 3.03. The molecule has 21 heavy (non-hydrogen) atoms. The van der Waals surface area contributed by atoms with Crippen LogP contribution in [0.25, 0.3) is 10.2 Å². The van der Waals surface area contributed by atoms with Crippen molar-refractivity contribution in [3.8, 4) is 12.3 Å². The number of unbranched alkanes of at least 4 members (excludes halogenated alkanes) is 1. The second-order valence-corrected chi connectivity index (χ2v) is 5.53. The van der Waals surface area contributed by atoms with Crippen molar-refractivity contribution >= 4 is 27.5 Å². The third-order valence-electron chi connectivity index (χ3n) is 2.91. The summed E-state index contributed by atoms with van der Waals surface area (Å²) in [6, 6.07) is 2.01. The number of carbonyl (C=O) groups excluding carboxylic acids is 1. The highest BCUT2D eigenvalue weighted by Gasteiger charge is 2.13. The summed E-state index contributed by atoms with van der Waals surface area (Å²) < 4.78 is 29.0. The quantitative estimate of drug-likeness (QED) is 0.799. The molecule has 0 unspecified atom stereocenters. The van der Waals surface area contributed by atoms with Gasteiger partial charge in [-0.25, -0.2) is 8.78 Å². The Balaban J connectivity index is 2.61. The van der Waals surface area contributed by atoms with Crippen molar-refractivity contribution in [2.24, 2.45) is 4.99 Å². The lowest BCUT2D eigenvalue weighted by molar-refractivity contribution is -0.118. The Hall–Kier alpha value is -2.00. The number of rotatable bonds is 4. The van der Waals surface area contributed by atoms with Crippen molar-refractivity contribution in [3.63, 3.8) is 0 Å². The molecular weight excluding hydrogens is 294 g/mol. The van der Waals surface area contributed by atoms with Gasteiger partial charge in [-0.3, -0.25) is 4.79 Å². The summed E-state index contributed by atoms with van der Waals surface area (Å²) in [6.45, 7) is 2.05. The van der Waals surface area contributed by atoms with Gasteiger partial charge in [0.15, 0.2) is 10.6 Å². The normalized spacial score (nSPS) is 11.8. The van der Waals surface area contributed by atoms with E-state index in [9.17, 15) is 13.6 Å². The van der Waals surface area contributed by atoms with Gasteiger partial charge in [0.05, 0.1) is 16.8 Å². The molecule has 0 N–H and O–H groups in total. The predicted molar refractivity (Wildman–Crippen MR) is 78.7 cm³/mol. The van der Waals surface area contributed by atoms with Crippen molar-refractivity contribution in [2.75, 3.05) is 0 Å². The van der Waals surface area contributed by atoms with Crippen LogP contribution in [0.1, 0.15) is 26.2 Å². The van der Waals surface area contributed by atoms with Gasteiger partial charge >= 0.3 is 0 Å². The summed E-state index contributed by atoms with van der Waals surface area (Å²) in [5, 5.41) is 0. The van der Waals surface area contributed by atoms with E-state index >= 15 is 0 Å². The van der Waals surface area contributed by atoms with E-state index in [-0.39, 0.29) is 18.0 Å². The number of hydrogen-bond donors (Lipinski definition) is 0. The van der Waals surface area contributed by atoms with Crippen LogP contribution < -0.4 is 4.80 Å². The molecule has 0 bridgehead atoms. The van der Waals surface area contributed by atoms with Gasteiger partial charge in [0.25, 0.3) is 0 Å². The van der Waals surface area contributed by atoms with Gasteiger partial charge in [0.1, 0.15) is 5.82 Å². The Kier molecular flexibility index (Phi) is 4.86. The van der Waals surface area contributed by atoms with Gasteiger partial charge in [-0.15, -0.1) is 6.42 Å². The average Bonchev–Trinajstić information content (AvgIpc) is 2.74. The van der Waals surface area contributed by atoms with E-state index in [4.69, 9.17) is 6.42 Å². The number of nitrogens with zero attached hydrogens (tertiary/aromatic N) is 2. The van der Waals surface area contributed by atoms with Crippen molar-refractivity contribution < 1.29 is 13.6 Å². The zero-order valence-corrected chi connectivity index (χ0v) is 12.3. The number of halogens is 2. The van der Waals surface area contributed by atoms with Crippen molar-refractivity contribution in [3.05, 3.63) is 28.6 Å². The molecule has 2 rings (SSSR count). The molecule has 0 saturated carbocycles. The smallest absolute Gasteiger partial charge is 0.248 e. The molecule has 6 heteroatoms. The summed E-state index contributed by atoms with van der Waals surface area (Å²) in [5.41, 5.74) is 0.182. The fourth-order valence-electron chi connectivity index (χ4n) is 1.94. The maximum atomic E-state index is 13.9. The highest BCUT2D eigenvalue weighted by Crippen LogP contribution is 2.22. The molecule has 0 aliphatic heterocycles. The van der Waals surface area contributed by atoms with Crippen LogP contribution in [0.4, 0.5) is 8.78 Å². The van der Waals surface area contributed by atoms with E-state index < -0.39 is 11.6 Å². The van der Waals surface area contributed by atoms with Gasteiger partial charge in [-0.1, -0.05) is 30.6 Å². The number of carbonyl (C=O) groups is 1. The predicted octanol–water partition coefficient (Wildman–Crippen LogP) is 3.23. The van der Waals surface area contributed by atoms with Crippen molar-refractivity contribution in [1.29, 1.82) is 0 Å². The molecule has 1 amide bonds. The number of thiazole rings is 1. The maximum absolute atomic E-state index is 13.9. The molecule has 3 nitrogen and oxygen atoms in total. The lowest BCUT2D eigenvalue weighted by Crippen LogP contribution is -2.16. The molecule has 0 radical (unpaired) electrons. The minimum Gasteiger partial charge on any atom is -0.302 e. The molecule has 0 aliphatic carbocycles. The number of fused-ring (bicyclic) bond motifs is 1. The molecule has 0 aliphatic rings. The van der Waals surface area contributed by atoms with Crippen LogP contribution in [-0.4, -0.2) is 10.5 Å². The molecular formula is C15H14F2N2OS. The second-order valence-electron chi connectivity index (χ2n) is 4.52. The van der Waals surface area contributed by atoms with E-state index in [0.29, 0.717) is 15.9 Å². The van der Waals surface area contributed by atoms with E-state index in [1.54, 1.807) is 0 Å². The van der Waals surface area contributed by atoms with Gasteiger partial charge in [-0.05, 0) is 12.5 Å². The van der Waals surface area contributed by atoms with Gasteiger partial charge in [-0.2, -0.15) is 4.99 Å². The van der Waals surface area contributed by atoms with Crippen LogP contribution in [0, 0.1) is 24.0 Å². The SMILES string of the molecule is C#CCn1c(=NC(=O)CCCC)sc2cc(F)cc(F)c21. The van der Waals surface area contributed by atoms with E-state index in [0.717, 1.165) is 30.2 Å². The summed E-state index contributed by atoms with van der Waals surface area (Å²) in [6.07, 6.45) is 7.24. The molecule has 110 valence electrons. The Labute approximate surface area is 124 Å². The largest absolute Gasteiger partial charge is 0.302 e. The second kappa shape index (κ2) is 6.64. The first-order chi connectivity index (χ1) is 10.1. The number of hydrogen-bond acceptors (Lipinski definition) is 2. The summed E-state index contributed by atoms with van der Waals surface area (Å²) in [5.74, 6) is 0.739. The van der Waals surface area contributed by atoms with Crippen molar-refractivity contribution in [2.45, 2.75) is 32.7 Å². The highest BCUT2D eigenvalue weighted by molar-refractivity contribution is 7.16. The van der Waals surface area contributed by atoms with Crippen LogP contribution in [0.3, 0.4) is 0 Å². The van der Waals surface area contributed by atoms with Crippen LogP contribution in [0.5, 0.6) is 0 Å². The molecule has 1 aromatic carbocycles. The zero-order valence-electron chi connectivity index (χ0n) is 11.5. The number of aromatic nitrogens is 1. The zero-order chi connectivity index (χ0) is 15.4. The Morgan fingerprint density at radius 2 is 2.24 bits per heavy atom. The Morgan fingerprint density at radius 1 is 1.48 bits per heavy atom. The molecule has 0 atom stereocenters. The van der Waals surface area contributed by atoms with Crippen LogP contribution in [0.2, 0.25) is 0 Å². The number of benzene rings is 1. The molecule has 0 saturated heterocycles. The van der Waals surface area contributed by atoms with Crippen molar-refractivity contribution in [1.82, 2.24) is 4.57 Å². The van der Waals surface area contributed by atoms with E-state index in [2.05, 4.69) is 10.9 Å². The lowest BCUT2D eigenvalue weighted by Gasteiger charge is -2.01. The molecule has 0 spiro atoms. The number of terminal acetylenes is 1. The van der Waals surface area contributed by atoms with Gasteiger partial charge in [0.2, 0.25) is 5.91 Å². The number of amides is 1. The van der Waals surface area contributed by atoms with Crippen LogP contribution in [-0.2, 0) is 11.3 Å². The Morgan fingerprint density at radius 3 is 2.90 bits per heavy atom. The third kappa shape index (κ3) is 3.37. The third-order valence-corrected chi connectivity index (χ3v) is 3.93. The first kappa shape index (κ1) is 15.4. The van der Waals surface area contributed by atoms with E-state index in [1.807, 2.05) is 6.92 Å². The first-order valence-corrected chi connectivity index (χ1v) is 7.38. The minimum absolute atomic E-state index is 0.0719. The minimum atomic E-state index is -0.709. The summed E-state index contributed by atoms with van der Waals surface area (Å²) in [7, 11) is 0. The molecule has 2 aromatic rings. The molecule has 1 heterocycles.